The molecule has 3 aromatic rings. The van der Waals surface area contributed by atoms with Gasteiger partial charge in [0.25, 0.3) is 0 Å². The fourth-order valence-electron chi connectivity index (χ4n) is 5.28. The summed E-state index contributed by atoms with van der Waals surface area (Å²) in [5, 5.41) is 10.3. The van der Waals surface area contributed by atoms with E-state index in [2.05, 4.69) is 48.6 Å². The minimum atomic E-state index is -0.444. The van der Waals surface area contributed by atoms with Gasteiger partial charge in [-0.15, -0.1) is 0 Å². The second-order valence-electron chi connectivity index (χ2n) is 10.1. The molecule has 0 amide bonds. The van der Waals surface area contributed by atoms with Crippen LogP contribution in [0.25, 0.3) is 11.1 Å². The molecule has 3 aromatic carbocycles. The summed E-state index contributed by atoms with van der Waals surface area (Å²) in [6.07, 6.45) is 6.57. The fraction of sp³-hybridized carbons (Fsp3) is 0.353. The van der Waals surface area contributed by atoms with Crippen LogP contribution in [0.3, 0.4) is 0 Å². The maximum Gasteiger partial charge on any atom is 0.338 e. The van der Waals surface area contributed by atoms with Gasteiger partial charge in [0.2, 0.25) is 0 Å². The average molecular weight is 543 g/mol. The van der Waals surface area contributed by atoms with Gasteiger partial charge >= 0.3 is 11.9 Å². The standard InChI is InChI=1S/C34H38O6/c1-38-33(36)17-11-3-2-10-16-29-30(23-35)32(40-34(37)28-14-8-5-9-15-28)22-31(29)39-24-25-18-20-27(21-19-25)26-12-6-4-7-13-26/h2,4-10,12-15,18-21,29-32,35H,3,11,16-17,22-24H2,1H3/t29-,30-,31+,32-/m1/s1. The zero-order valence-corrected chi connectivity index (χ0v) is 23.0. The van der Waals surface area contributed by atoms with Crippen molar-refractivity contribution >= 4 is 11.9 Å². The predicted octanol–water partition coefficient (Wildman–Crippen LogP) is 6.38. The van der Waals surface area contributed by atoms with E-state index in [-0.39, 0.29) is 30.5 Å². The molecule has 0 unspecified atom stereocenters. The molecule has 40 heavy (non-hydrogen) atoms. The van der Waals surface area contributed by atoms with Crippen molar-refractivity contribution in [2.45, 2.75) is 50.9 Å². The van der Waals surface area contributed by atoms with E-state index >= 15 is 0 Å². The Kier molecular flexibility index (Phi) is 11.1. The number of ether oxygens (including phenoxy) is 3. The highest BCUT2D eigenvalue weighted by Crippen LogP contribution is 2.39. The Balaban J connectivity index is 1.41. The number of hydrogen-bond donors (Lipinski definition) is 1. The van der Waals surface area contributed by atoms with Gasteiger partial charge in [-0.2, -0.15) is 0 Å². The topological polar surface area (TPSA) is 82.1 Å². The molecule has 0 spiro atoms. The molecule has 0 aliphatic heterocycles. The van der Waals surface area contributed by atoms with Gasteiger partial charge in [0.1, 0.15) is 6.10 Å². The lowest BCUT2D eigenvalue weighted by molar-refractivity contribution is -0.140. The van der Waals surface area contributed by atoms with Crippen LogP contribution in [0, 0.1) is 11.8 Å². The number of benzene rings is 3. The van der Waals surface area contributed by atoms with E-state index in [1.54, 1.807) is 24.3 Å². The third-order valence-electron chi connectivity index (χ3n) is 7.53. The van der Waals surface area contributed by atoms with E-state index in [0.29, 0.717) is 37.9 Å². The summed E-state index contributed by atoms with van der Waals surface area (Å²) < 4.78 is 17.0. The maximum atomic E-state index is 12.8. The molecule has 0 aromatic heterocycles. The Morgan fingerprint density at radius 2 is 1.52 bits per heavy atom. The third kappa shape index (κ3) is 8.13. The van der Waals surface area contributed by atoms with E-state index in [4.69, 9.17) is 14.2 Å². The van der Waals surface area contributed by atoms with Crippen LogP contribution in [0.5, 0.6) is 0 Å². The lowest BCUT2D eigenvalue weighted by Crippen LogP contribution is -2.29. The summed E-state index contributed by atoms with van der Waals surface area (Å²) in [6.45, 7) is 0.329. The summed E-state index contributed by atoms with van der Waals surface area (Å²) >= 11 is 0. The van der Waals surface area contributed by atoms with Crippen molar-refractivity contribution in [1.82, 2.24) is 0 Å². The first-order valence-electron chi connectivity index (χ1n) is 13.9. The van der Waals surface area contributed by atoms with E-state index in [1.165, 1.54) is 7.11 Å². The molecule has 1 saturated carbocycles. The molecule has 4 rings (SSSR count). The van der Waals surface area contributed by atoms with Gasteiger partial charge in [0.05, 0.1) is 25.4 Å². The summed E-state index contributed by atoms with van der Waals surface area (Å²) in [5.74, 6) is -0.854. The molecule has 210 valence electrons. The zero-order valence-electron chi connectivity index (χ0n) is 23.0. The second kappa shape index (κ2) is 15.2. The Bertz CT molecular complexity index is 1220. The average Bonchev–Trinajstić information content (AvgIpc) is 3.34. The van der Waals surface area contributed by atoms with Crippen molar-refractivity contribution < 1.29 is 28.9 Å². The third-order valence-corrected chi connectivity index (χ3v) is 7.53. The van der Waals surface area contributed by atoms with Gasteiger partial charge in [-0.1, -0.05) is 84.9 Å². The Hall–Kier alpha value is -3.74. The van der Waals surface area contributed by atoms with Crippen molar-refractivity contribution in [2.24, 2.45) is 11.8 Å². The molecule has 1 aliphatic rings. The first kappa shape index (κ1) is 29.2. The molecular formula is C34H38O6. The van der Waals surface area contributed by atoms with Crippen LogP contribution in [-0.4, -0.2) is 43.0 Å². The van der Waals surface area contributed by atoms with Gasteiger partial charge in [0.15, 0.2) is 0 Å². The molecule has 0 radical (unpaired) electrons. The van der Waals surface area contributed by atoms with Crippen molar-refractivity contribution in [3.8, 4) is 11.1 Å². The summed E-state index contributed by atoms with van der Waals surface area (Å²) in [5.41, 5.74) is 3.86. The van der Waals surface area contributed by atoms with Gasteiger partial charge in [0, 0.05) is 25.4 Å². The van der Waals surface area contributed by atoms with Crippen LogP contribution in [-0.2, 0) is 25.6 Å². The Morgan fingerprint density at radius 1 is 0.850 bits per heavy atom. The predicted molar refractivity (Wildman–Crippen MR) is 154 cm³/mol. The maximum absolute atomic E-state index is 12.8. The number of carbonyl (C=O) groups is 2. The minimum absolute atomic E-state index is 0.0148. The highest BCUT2D eigenvalue weighted by atomic mass is 16.6. The molecule has 0 bridgehead atoms. The number of rotatable bonds is 13. The summed E-state index contributed by atoms with van der Waals surface area (Å²) in [4.78, 5) is 24.2. The van der Waals surface area contributed by atoms with Crippen molar-refractivity contribution in [2.75, 3.05) is 13.7 Å². The number of esters is 2. The van der Waals surface area contributed by atoms with Crippen molar-refractivity contribution in [1.29, 1.82) is 0 Å². The van der Waals surface area contributed by atoms with E-state index in [1.807, 2.05) is 24.3 Å². The minimum Gasteiger partial charge on any atom is -0.469 e. The van der Waals surface area contributed by atoms with Gasteiger partial charge in [-0.25, -0.2) is 4.79 Å². The van der Waals surface area contributed by atoms with E-state index in [9.17, 15) is 14.7 Å². The highest BCUT2D eigenvalue weighted by Gasteiger charge is 2.45. The molecule has 6 nitrogen and oxygen atoms in total. The largest absolute Gasteiger partial charge is 0.469 e. The highest BCUT2D eigenvalue weighted by molar-refractivity contribution is 5.89. The molecule has 0 saturated heterocycles. The smallest absolute Gasteiger partial charge is 0.338 e. The van der Waals surface area contributed by atoms with E-state index in [0.717, 1.165) is 23.1 Å². The molecule has 1 N–H and O–H groups in total. The summed E-state index contributed by atoms with van der Waals surface area (Å²) in [6, 6.07) is 27.5. The molecule has 1 aliphatic carbocycles. The Labute approximate surface area is 236 Å². The monoisotopic (exact) mass is 542 g/mol. The first-order valence-corrected chi connectivity index (χ1v) is 13.9. The van der Waals surface area contributed by atoms with Crippen LogP contribution in [0.15, 0.2) is 97.1 Å². The number of methoxy groups -OCH3 is 1. The molecule has 6 heteroatoms. The number of allylic oxidation sites excluding steroid dienone is 2. The second-order valence-corrected chi connectivity index (χ2v) is 10.1. The Morgan fingerprint density at radius 3 is 2.20 bits per heavy atom. The fourth-order valence-corrected chi connectivity index (χ4v) is 5.28. The van der Waals surface area contributed by atoms with Crippen LogP contribution in [0.2, 0.25) is 0 Å². The van der Waals surface area contributed by atoms with Gasteiger partial charge < -0.3 is 19.3 Å². The van der Waals surface area contributed by atoms with Crippen LogP contribution in [0.4, 0.5) is 0 Å². The molecule has 4 atom stereocenters. The van der Waals surface area contributed by atoms with Gasteiger partial charge in [-0.05, 0) is 54.0 Å². The lowest BCUT2D eigenvalue weighted by atomic mass is 9.91. The van der Waals surface area contributed by atoms with E-state index < -0.39 is 12.1 Å². The van der Waals surface area contributed by atoms with Crippen LogP contribution < -0.4 is 0 Å². The quantitative estimate of drug-likeness (QED) is 0.153. The number of hydrogen-bond acceptors (Lipinski definition) is 6. The molecule has 0 heterocycles. The normalized spacial score (nSPS) is 20.4. The summed E-state index contributed by atoms with van der Waals surface area (Å²) in [7, 11) is 1.39. The molecule has 1 fully saturated rings. The van der Waals surface area contributed by atoms with Gasteiger partial charge in [-0.3, -0.25) is 4.79 Å². The zero-order chi connectivity index (χ0) is 28.2. The number of aliphatic hydroxyl groups is 1. The van der Waals surface area contributed by atoms with Crippen LogP contribution in [0.1, 0.15) is 48.0 Å². The van der Waals surface area contributed by atoms with Crippen molar-refractivity contribution in [3.05, 3.63) is 108 Å². The first-order chi connectivity index (χ1) is 19.6. The van der Waals surface area contributed by atoms with Crippen LogP contribution >= 0.6 is 0 Å². The lowest BCUT2D eigenvalue weighted by Gasteiger charge is -2.24. The number of carbonyl (C=O) groups excluding carboxylic acids is 2. The molecular weight excluding hydrogens is 504 g/mol. The van der Waals surface area contributed by atoms with Crippen molar-refractivity contribution in [3.63, 3.8) is 0 Å². The number of aliphatic hydroxyl groups excluding tert-OH is 1. The SMILES string of the molecule is COC(=O)CCCC=CC[C@@H]1[C@@H](CO)[C@H](OC(=O)c2ccccc2)C[C@@H]1OCc1ccc(-c2ccccc2)cc1. The number of unbranched alkanes of at least 4 members (excludes halogenated alkanes) is 1.